The van der Waals surface area contributed by atoms with Crippen molar-refractivity contribution in [2.24, 2.45) is 14.1 Å². The van der Waals surface area contributed by atoms with Crippen molar-refractivity contribution in [3.63, 3.8) is 0 Å². The van der Waals surface area contributed by atoms with Gasteiger partial charge in [0, 0.05) is 25.6 Å². The van der Waals surface area contributed by atoms with E-state index in [0.717, 1.165) is 11.5 Å². The summed E-state index contributed by atoms with van der Waals surface area (Å²) in [5, 5.41) is 0.289. The van der Waals surface area contributed by atoms with Gasteiger partial charge in [0.1, 0.15) is 5.82 Å². The van der Waals surface area contributed by atoms with Crippen molar-refractivity contribution in [2.45, 2.75) is 13.8 Å². The molecule has 0 aliphatic rings. The van der Waals surface area contributed by atoms with Crippen molar-refractivity contribution in [1.29, 1.82) is 0 Å². The third-order valence-electron chi connectivity index (χ3n) is 3.33. The largest absolute Gasteiger partial charge is 0.349 e. The number of rotatable bonds is 6. The number of aromatic nitrogens is 3. The molecule has 2 rings (SSSR count). The molecule has 0 bridgehead atoms. The van der Waals surface area contributed by atoms with Crippen LogP contribution in [0.4, 0.5) is 10.1 Å². The second-order valence-corrected chi connectivity index (χ2v) is 8.20. The quantitative estimate of drug-likeness (QED) is 0.529. The zero-order chi connectivity index (χ0) is 18.0. The molecule has 2 aromatic rings. The molecular formula is C14H18ClFN4OS3. The molecule has 0 spiro atoms. The van der Waals surface area contributed by atoms with Crippen LogP contribution < -0.4 is 9.40 Å². The number of halogens is 2. The lowest BCUT2D eigenvalue weighted by atomic mass is 10.2. The average Bonchev–Trinajstić information content (AvgIpc) is 2.72. The zero-order valence-corrected chi connectivity index (χ0v) is 17.0. The van der Waals surface area contributed by atoms with E-state index in [-0.39, 0.29) is 15.5 Å². The molecule has 0 N–H and O–H groups in total. The molecule has 0 saturated carbocycles. The molecule has 0 aliphatic carbocycles. The summed E-state index contributed by atoms with van der Waals surface area (Å²) >= 11 is 14.6. The zero-order valence-electron chi connectivity index (χ0n) is 13.7. The summed E-state index contributed by atoms with van der Waals surface area (Å²) in [6, 6.07) is 2.79. The third kappa shape index (κ3) is 3.54. The van der Waals surface area contributed by atoms with Crippen LogP contribution in [-0.2, 0) is 14.1 Å². The summed E-state index contributed by atoms with van der Waals surface area (Å²) in [6.07, 6.45) is 0. The molecule has 0 saturated heterocycles. The second kappa shape index (κ2) is 7.99. The maximum atomic E-state index is 14.5. The first kappa shape index (κ1) is 19.4. The van der Waals surface area contributed by atoms with Gasteiger partial charge in [0.15, 0.2) is 0 Å². The lowest BCUT2D eigenvalue weighted by Gasteiger charge is -2.22. The molecule has 1 heterocycles. The Morgan fingerprint density at radius 1 is 1.21 bits per heavy atom. The maximum Gasteiger partial charge on any atom is 0.349 e. The van der Waals surface area contributed by atoms with Crippen molar-refractivity contribution in [2.75, 3.05) is 15.2 Å². The minimum absolute atomic E-state index is 0.0963. The normalized spacial score (nSPS) is 11.1. The van der Waals surface area contributed by atoms with Gasteiger partial charge in [0.2, 0.25) is 4.77 Å². The molecule has 132 valence electrons. The Labute approximate surface area is 158 Å². The molecule has 0 radical (unpaired) electrons. The first-order valence-corrected chi connectivity index (χ1v) is 9.90. The van der Waals surface area contributed by atoms with E-state index in [1.165, 1.54) is 20.0 Å². The van der Waals surface area contributed by atoms with Gasteiger partial charge in [-0.25, -0.2) is 18.4 Å². The van der Waals surface area contributed by atoms with E-state index < -0.39 is 11.5 Å². The lowest BCUT2D eigenvalue weighted by molar-refractivity contribution is 0.573. The summed E-state index contributed by atoms with van der Waals surface area (Å²) in [5.41, 5.74) is 0.325. The Morgan fingerprint density at radius 2 is 1.79 bits per heavy atom. The van der Waals surface area contributed by atoms with Gasteiger partial charge in [-0.15, -0.1) is 0 Å². The molecular weight excluding hydrogens is 391 g/mol. The minimum atomic E-state index is -0.592. The van der Waals surface area contributed by atoms with Crippen molar-refractivity contribution in [3.05, 3.63) is 38.2 Å². The van der Waals surface area contributed by atoms with Crippen LogP contribution in [0, 0.1) is 10.6 Å². The highest BCUT2D eigenvalue weighted by Gasteiger charge is 2.19. The van der Waals surface area contributed by atoms with Crippen LogP contribution in [0.3, 0.4) is 0 Å². The molecule has 1 aromatic heterocycles. The van der Waals surface area contributed by atoms with Gasteiger partial charge in [-0.3, -0.25) is 8.39 Å². The van der Waals surface area contributed by atoms with E-state index in [1.54, 1.807) is 44.1 Å². The monoisotopic (exact) mass is 408 g/mol. The minimum Gasteiger partial charge on any atom is -0.259 e. The summed E-state index contributed by atoms with van der Waals surface area (Å²) in [4.78, 5) is 12.4. The van der Waals surface area contributed by atoms with Crippen LogP contribution in [0.2, 0.25) is 5.02 Å². The summed E-state index contributed by atoms with van der Waals surface area (Å²) in [5.74, 6) is 1.08. The Balaban J connectivity index is 2.69. The molecule has 0 amide bonds. The molecule has 0 atom stereocenters. The first-order chi connectivity index (χ1) is 11.3. The van der Waals surface area contributed by atoms with Gasteiger partial charge >= 0.3 is 5.69 Å². The Hall–Kier alpha value is -0.900. The number of hydrogen-bond donors (Lipinski definition) is 0. The van der Waals surface area contributed by atoms with Crippen molar-refractivity contribution >= 4 is 53.4 Å². The number of benzene rings is 1. The highest BCUT2D eigenvalue weighted by Crippen LogP contribution is 2.38. The molecule has 10 heteroatoms. The topological polar surface area (TPSA) is 35.1 Å². The highest BCUT2D eigenvalue weighted by atomic mass is 35.5. The SMILES string of the molecule is CCSN(SCC)c1cc(-n2c(=O)n(C)n(C)c2=S)c(F)cc1Cl. The third-order valence-corrected chi connectivity index (χ3v) is 6.09. The standard InChI is InChI=1S/C14H18ClFN4OS3/c1-5-23-20(24-6-2)11-8-12(10(16)7-9(11)15)19-13(21)17(3)18(4)14(19)22/h7-8H,5-6H2,1-4H3. The fourth-order valence-corrected chi connectivity index (χ4v) is 4.70. The van der Waals surface area contributed by atoms with Gasteiger partial charge < -0.3 is 0 Å². The number of nitrogens with zero attached hydrogens (tertiary/aromatic N) is 4. The van der Waals surface area contributed by atoms with E-state index in [2.05, 4.69) is 0 Å². The van der Waals surface area contributed by atoms with Gasteiger partial charge in [-0.2, -0.15) is 0 Å². The predicted molar refractivity (Wildman–Crippen MR) is 105 cm³/mol. The highest BCUT2D eigenvalue weighted by molar-refractivity contribution is 8.18. The predicted octanol–water partition coefficient (Wildman–Crippen LogP) is 4.18. The van der Waals surface area contributed by atoms with E-state index >= 15 is 0 Å². The number of anilines is 1. The van der Waals surface area contributed by atoms with E-state index in [0.29, 0.717) is 5.69 Å². The van der Waals surface area contributed by atoms with Crippen LogP contribution in [0.5, 0.6) is 0 Å². The molecule has 0 fully saturated rings. The summed E-state index contributed by atoms with van der Waals surface area (Å²) in [7, 11) is 3.23. The smallest absolute Gasteiger partial charge is 0.259 e. The van der Waals surface area contributed by atoms with E-state index in [4.69, 9.17) is 23.8 Å². The van der Waals surface area contributed by atoms with Crippen LogP contribution in [-0.4, -0.2) is 25.4 Å². The van der Waals surface area contributed by atoms with Gasteiger partial charge in [-0.05, 0) is 48.2 Å². The van der Waals surface area contributed by atoms with Crippen LogP contribution in [0.25, 0.3) is 5.69 Å². The first-order valence-electron chi connectivity index (χ1n) is 7.23. The van der Waals surface area contributed by atoms with Crippen LogP contribution >= 0.6 is 47.7 Å². The van der Waals surface area contributed by atoms with E-state index in [1.807, 2.05) is 17.6 Å². The van der Waals surface area contributed by atoms with Crippen molar-refractivity contribution in [1.82, 2.24) is 13.9 Å². The lowest BCUT2D eigenvalue weighted by Crippen LogP contribution is -2.23. The summed E-state index contributed by atoms with van der Waals surface area (Å²) < 4.78 is 20.7. The molecule has 1 aromatic carbocycles. The van der Waals surface area contributed by atoms with Crippen LogP contribution in [0.1, 0.15) is 13.8 Å². The van der Waals surface area contributed by atoms with E-state index in [9.17, 15) is 9.18 Å². The van der Waals surface area contributed by atoms with Crippen LogP contribution in [0.15, 0.2) is 16.9 Å². The summed E-state index contributed by atoms with van der Waals surface area (Å²) in [6.45, 7) is 4.05. The number of hydrogen-bond acceptors (Lipinski definition) is 5. The average molecular weight is 409 g/mol. The Kier molecular flexibility index (Phi) is 6.46. The second-order valence-electron chi connectivity index (χ2n) is 4.80. The van der Waals surface area contributed by atoms with Gasteiger partial charge in [0.05, 0.1) is 16.4 Å². The van der Waals surface area contributed by atoms with Crippen molar-refractivity contribution in [3.8, 4) is 5.69 Å². The molecule has 0 unspecified atom stereocenters. The molecule has 24 heavy (non-hydrogen) atoms. The fourth-order valence-electron chi connectivity index (χ4n) is 2.08. The molecule has 0 aliphatic heterocycles. The Morgan fingerprint density at radius 3 is 2.25 bits per heavy atom. The maximum absolute atomic E-state index is 14.5. The Bertz CT molecular complexity index is 821. The van der Waals surface area contributed by atoms with Gasteiger partial charge in [0.25, 0.3) is 0 Å². The molecule has 5 nitrogen and oxygen atoms in total. The van der Waals surface area contributed by atoms with Crippen molar-refractivity contribution < 1.29 is 4.39 Å². The fraction of sp³-hybridized carbons (Fsp3) is 0.429. The van der Waals surface area contributed by atoms with Gasteiger partial charge in [-0.1, -0.05) is 25.4 Å².